The lowest BCUT2D eigenvalue weighted by molar-refractivity contribution is 0.334. The first-order chi connectivity index (χ1) is 11.5. The fourth-order valence-corrected chi connectivity index (χ4v) is 5.49. The predicted molar refractivity (Wildman–Crippen MR) is 93.6 cm³/mol. The molecular formula is C14H18ClN5O4S. The monoisotopic (exact) mass is 387 g/mol. The molecule has 2 aliphatic heterocycles. The highest BCUT2D eigenvalue weighted by Crippen LogP contribution is 2.33. The molecule has 0 aromatic carbocycles. The van der Waals surface area contributed by atoms with Crippen LogP contribution in [-0.2, 0) is 10.0 Å². The molecule has 2 aromatic heterocycles. The van der Waals surface area contributed by atoms with E-state index in [1.807, 2.05) is 0 Å². The van der Waals surface area contributed by atoms with Gasteiger partial charge in [-0.25, -0.2) is 18.2 Å². The van der Waals surface area contributed by atoms with Gasteiger partial charge in [-0.05, 0) is 31.9 Å². The number of aromatic nitrogens is 3. The molecule has 4 heterocycles. The summed E-state index contributed by atoms with van der Waals surface area (Å²) in [6.07, 6.45) is 3.64. The Morgan fingerprint density at radius 1 is 1.12 bits per heavy atom. The van der Waals surface area contributed by atoms with E-state index >= 15 is 0 Å². The quantitative estimate of drug-likeness (QED) is 0.640. The third-order valence-corrected chi connectivity index (χ3v) is 6.70. The van der Waals surface area contributed by atoms with E-state index in [-0.39, 0.29) is 40.4 Å². The molecule has 2 saturated heterocycles. The summed E-state index contributed by atoms with van der Waals surface area (Å²) in [5, 5.41) is 3.31. The molecule has 9 nitrogen and oxygen atoms in total. The number of halogens is 1. The fourth-order valence-electron chi connectivity index (χ4n) is 3.62. The summed E-state index contributed by atoms with van der Waals surface area (Å²) in [5.74, 6) is 0. The lowest BCUT2D eigenvalue weighted by atomic mass is 10.1. The number of nitrogens with one attached hydrogen (secondary N) is 3. The average molecular weight is 388 g/mol. The van der Waals surface area contributed by atoms with Gasteiger partial charge in [0.15, 0.2) is 0 Å². The maximum absolute atomic E-state index is 13.1. The number of pyridine rings is 1. The van der Waals surface area contributed by atoms with E-state index in [0.29, 0.717) is 6.54 Å². The van der Waals surface area contributed by atoms with E-state index in [9.17, 15) is 18.0 Å². The molecule has 2 aliphatic rings. The van der Waals surface area contributed by atoms with Gasteiger partial charge in [-0.1, -0.05) is 0 Å². The Labute approximate surface area is 149 Å². The minimum Gasteiger partial charge on any atom is -0.315 e. The molecule has 0 aliphatic carbocycles. The van der Waals surface area contributed by atoms with Gasteiger partial charge in [0.05, 0.1) is 5.39 Å². The number of hydrogen-bond acceptors (Lipinski definition) is 6. The van der Waals surface area contributed by atoms with E-state index in [0.717, 1.165) is 25.8 Å². The van der Waals surface area contributed by atoms with Crippen molar-refractivity contribution in [1.29, 1.82) is 0 Å². The van der Waals surface area contributed by atoms with Crippen LogP contribution in [0.3, 0.4) is 0 Å². The van der Waals surface area contributed by atoms with Gasteiger partial charge in [0, 0.05) is 24.8 Å². The Hall–Kier alpha value is -1.75. The molecule has 3 N–H and O–H groups in total. The number of rotatable bonds is 2. The van der Waals surface area contributed by atoms with Crippen LogP contribution in [0, 0.1) is 0 Å². The summed E-state index contributed by atoms with van der Waals surface area (Å²) < 4.78 is 27.8. The first-order valence-corrected chi connectivity index (χ1v) is 9.27. The van der Waals surface area contributed by atoms with Gasteiger partial charge in [0.1, 0.15) is 10.5 Å². The highest BCUT2D eigenvalue weighted by atomic mass is 35.5. The fraction of sp³-hybridized carbons (Fsp3) is 0.500. The first kappa shape index (κ1) is 18.1. The SMILES string of the molecule is Cl.O=c1[nH]c(=O)c2cc(S(=O)(=O)N3C4CCNCC3CC4)cnc2[nH]1. The summed E-state index contributed by atoms with van der Waals surface area (Å²) in [6.45, 7) is 1.43. The second-order valence-electron chi connectivity index (χ2n) is 6.19. The van der Waals surface area contributed by atoms with Gasteiger partial charge in [0.25, 0.3) is 5.56 Å². The maximum Gasteiger partial charge on any atom is 0.327 e. The van der Waals surface area contributed by atoms with Crippen molar-refractivity contribution in [3.05, 3.63) is 33.1 Å². The van der Waals surface area contributed by atoms with Crippen molar-refractivity contribution in [2.24, 2.45) is 0 Å². The van der Waals surface area contributed by atoms with Crippen LogP contribution in [0.2, 0.25) is 0 Å². The molecule has 0 spiro atoms. The first-order valence-electron chi connectivity index (χ1n) is 7.83. The summed E-state index contributed by atoms with van der Waals surface area (Å²) >= 11 is 0. The Kier molecular flexibility index (Phi) is 4.71. The van der Waals surface area contributed by atoms with Gasteiger partial charge < -0.3 is 5.32 Å². The Balaban J connectivity index is 0.00000182. The molecule has 0 radical (unpaired) electrons. The van der Waals surface area contributed by atoms with E-state index < -0.39 is 21.3 Å². The molecule has 2 fully saturated rings. The molecule has 2 bridgehead atoms. The molecule has 0 saturated carbocycles. The van der Waals surface area contributed by atoms with Crippen molar-refractivity contribution in [2.75, 3.05) is 13.1 Å². The van der Waals surface area contributed by atoms with Gasteiger partial charge in [-0.3, -0.25) is 14.8 Å². The van der Waals surface area contributed by atoms with E-state index in [4.69, 9.17) is 0 Å². The second-order valence-corrected chi connectivity index (χ2v) is 8.03. The maximum atomic E-state index is 13.1. The van der Waals surface area contributed by atoms with E-state index in [2.05, 4.69) is 20.3 Å². The zero-order valence-corrected chi connectivity index (χ0v) is 14.8. The minimum absolute atomic E-state index is 0. The predicted octanol–water partition coefficient (Wildman–Crippen LogP) is -0.452. The molecule has 4 rings (SSSR count). The van der Waals surface area contributed by atoms with Crippen LogP contribution in [0.25, 0.3) is 11.0 Å². The topological polar surface area (TPSA) is 128 Å². The average Bonchev–Trinajstić information content (AvgIpc) is 2.80. The number of nitrogens with zero attached hydrogens (tertiary/aromatic N) is 2. The molecule has 2 unspecified atom stereocenters. The van der Waals surface area contributed by atoms with Crippen molar-refractivity contribution >= 4 is 33.5 Å². The van der Waals surface area contributed by atoms with Gasteiger partial charge in [-0.15, -0.1) is 12.4 Å². The van der Waals surface area contributed by atoms with Crippen molar-refractivity contribution in [1.82, 2.24) is 24.6 Å². The number of fused-ring (bicyclic) bond motifs is 3. The van der Waals surface area contributed by atoms with Crippen LogP contribution in [-0.4, -0.2) is 52.8 Å². The van der Waals surface area contributed by atoms with Crippen molar-refractivity contribution < 1.29 is 8.42 Å². The molecule has 11 heteroatoms. The van der Waals surface area contributed by atoms with E-state index in [1.54, 1.807) is 4.31 Å². The Bertz CT molecular complexity index is 1000. The lowest BCUT2D eigenvalue weighted by Gasteiger charge is -2.26. The number of aromatic amines is 2. The van der Waals surface area contributed by atoms with Crippen LogP contribution in [0.4, 0.5) is 0 Å². The van der Waals surface area contributed by atoms with Crippen LogP contribution < -0.4 is 16.6 Å². The van der Waals surface area contributed by atoms with Gasteiger partial charge in [0.2, 0.25) is 10.0 Å². The number of H-pyrrole nitrogens is 2. The standard InChI is InChI=1S/C14H17N5O4S.ClH/c20-13-11-5-10(7-16-12(11)17-14(21)18-13)24(22,23)19-8-1-2-9(19)6-15-4-3-8;/h5,7-9,15H,1-4,6H2,(H2,16,17,18,20,21);1H. The third kappa shape index (κ3) is 2.99. The van der Waals surface area contributed by atoms with Crippen LogP contribution in [0.1, 0.15) is 19.3 Å². The molecule has 2 atom stereocenters. The molecule has 25 heavy (non-hydrogen) atoms. The van der Waals surface area contributed by atoms with E-state index in [1.165, 1.54) is 12.3 Å². The Morgan fingerprint density at radius 2 is 1.88 bits per heavy atom. The highest BCUT2D eigenvalue weighted by molar-refractivity contribution is 7.89. The molecule has 0 amide bonds. The molecule has 136 valence electrons. The lowest BCUT2D eigenvalue weighted by Crippen LogP contribution is -2.42. The third-order valence-electron chi connectivity index (χ3n) is 4.73. The molecular weight excluding hydrogens is 370 g/mol. The van der Waals surface area contributed by atoms with Crippen LogP contribution >= 0.6 is 12.4 Å². The largest absolute Gasteiger partial charge is 0.327 e. The number of sulfonamides is 1. The number of hydrogen-bond donors (Lipinski definition) is 3. The van der Waals surface area contributed by atoms with Gasteiger partial charge >= 0.3 is 5.69 Å². The van der Waals surface area contributed by atoms with Crippen molar-refractivity contribution in [3.8, 4) is 0 Å². The molecule has 2 aromatic rings. The van der Waals surface area contributed by atoms with Crippen LogP contribution in [0.5, 0.6) is 0 Å². The minimum atomic E-state index is -3.75. The summed E-state index contributed by atoms with van der Waals surface area (Å²) in [5.41, 5.74) is -1.26. The normalized spacial score (nSPS) is 24.0. The zero-order valence-electron chi connectivity index (χ0n) is 13.2. The van der Waals surface area contributed by atoms with Crippen LogP contribution in [0.15, 0.2) is 26.7 Å². The summed E-state index contributed by atoms with van der Waals surface area (Å²) in [6, 6.07) is 1.18. The zero-order chi connectivity index (χ0) is 16.9. The summed E-state index contributed by atoms with van der Waals surface area (Å²) in [4.78, 5) is 31.6. The van der Waals surface area contributed by atoms with Crippen molar-refractivity contribution in [2.45, 2.75) is 36.2 Å². The highest BCUT2D eigenvalue weighted by Gasteiger charge is 2.43. The summed E-state index contributed by atoms with van der Waals surface area (Å²) in [7, 11) is -3.75. The second kappa shape index (κ2) is 6.52. The smallest absolute Gasteiger partial charge is 0.315 e. The van der Waals surface area contributed by atoms with Crippen molar-refractivity contribution in [3.63, 3.8) is 0 Å². The van der Waals surface area contributed by atoms with Gasteiger partial charge in [-0.2, -0.15) is 4.31 Å². The Morgan fingerprint density at radius 3 is 2.68 bits per heavy atom.